The zero-order valence-electron chi connectivity index (χ0n) is 13.2. The van der Waals surface area contributed by atoms with E-state index in [1.807, 2.05) is 0 Å². The molecule has 2 rings (SSSR count). The van der Waals surface area contributed by atoms with E-state index in [0.717, 1.165) is 18.8 Å². The van der Waals surface area contributed by atoms with Crippen LogP contribution < -0.4 is 5.32 Å². The molecular weight excluding hydrogens is 268 g/mol. The molecule has 0 aliphatic carbocycles. The van der Waals surface area contributed by atoms with Crippen molar-refractivity contribution in [2.24, 2.45) is 0 Å². The molecule has 1 aromatic rings. The molecular formula is C15H28N4S. The topological polar surface area (TPSA) is 42.7 Å². The molecule has 2 atom stereocenters. The van der Waals surface area contributed by atoms with Crippen molar-refractivity contribution in [1.29, 1.82) is 0 Å². The fourth-order valence-electron chi connectivity index (χ4n) is 2.93. The molecule has 0 saturated carbocycles. The van der Waals surface area contributed by atoms with Crippen LogP contribution in [0.1, 0.15) is 58.8 Å². The van der Waals surface area contributed by atoms with Gasteiger partial charge in [-0.1, -0.05) is 6.92 Å². The van der Waals surface area contributed by atoms with Gasteiger partial charge in [0.05, 0.1) is 0 Å². The predicted octanol–water partition coefficient (Wildman–Crippen LogP) is 3.06. The van der Waals surface area contributed by atoms with E-state index < -0.39 is 0 Å². The van der Waals surface area contributed by atoms with Crippen molar-refractivity contribution in [3.63, 3.8) is 0 Å². The summed E-state index contributed by atoms with van der Waals surface area (Å²) in [6.45, 7) is 10.0. The number of rotatable bonds is 7. The van der Waals surface area contributed by atoms with Crippen LogP contribution in [0.4, 0.5) is 0 Å². The third-order valence-corrected chi connectivity index (χ3v) is 5.79. The molecule has 1 aromatic heterocycles. The number of aromatic nitrogens is 3. The monoisotopic (exact) mass is 296 g/mol. The highest BCUT2D eigenvalue weighted by molar-refractivity contribution is 8.00. The summed E-state index contributed by atoms with van der Waals surface area (Å²) >= 11 is 2.12. The van der Waals surface area contributed by atoms with Crippen LogP contribution in [-0.2, 0) is 6.42 Å². The van der Waals surface area contributed by atoms with Crippen LogP contribution in [0.3, 0.4) is 0 Å². The minimum atomic E-state index is 0.336. The lowest BCUT2D eigenvalue weighted by Crippen LogP contribution is -2.47. The van der Waals surface area contributed by atoms with Crippen molar-refractivity contribution in [1.82, 2.24) is 20.1 Å². The summed E-state index contributed by atoms with van der Waals surface area (Å²) in [5.74, 6) is 2.40. The Bertz CT molecular complexity index is 410. The van der Waals surface area contributed by atoms with Crippen molar-refractivity contribution >= 4 is 11.8 Å². The van der Waals surface area contributed by atoms with Gasteiger partial charge in [0.1, 0.15) is 12.2 Å². The molecule has 1 N–H and O–H groups in total. The molecule has 1 fully saturated rings. The summed E-state index contributed by atoms with van der Waals surface area (Å²) in [5.41, 5.74) is 0. The Morgan fingerprint density at radius 3 is 2.90 bits per heavy atom. The number of hydrogen-bond acceptors (Lipinski definition) is 4. The van der Waals surface area contributed by atoms with Gasteiger partial charge >= 0.3 is 0 Å². The third-order valence-electron chi connectivity index (χ3n) is 4.15. The summed E-state index contributed by atoms with van der Waals surface area (Å²) in [7, 11) is 0. The number of nitrogens with one attached hydrogen (secondary N) is 1. The van der Waals surface area contributed by atoms with Gasteiger partial charge < -0.3 is 5.32 Å². The van der Waals surface area contributed by atoms with Crippen LogP contribution in [0, 0.1) is 0 Å². The van der Waals surface area contributed by atoms with Gasteiger partial charge in [-0.25, -0.2) is 9.67 Å². The quantitative estimate of drug-likeness (QED) is 0.840. The third kappa shape index (κ3) is 3.55. The zero-order valence-corrected chi connectivity index (χ0v) is 14.0. The Kier molecular flexibility index (Phi) is 5.49. The maximum atomic E-state index is 4.49. The molecule has 2 heterocycles. The van der Waals surface area contributed by atoms with Crippen LogP contribution >= 0.6 is 11.8 Å². The lowest BCUT2D eigenvalue weighted by Gasteiger charge is -2.34. The molecule has 0 amide bonds. The number of thioether (sulfide) groups is 1. The molecule has 1 aliphatic rings. The number of nitrogens with zero attached hydrogens (tertiary/aromatic N) is 3. The van der Waals surface area contributed by atoms with E-state index in [2.05, 4.69) is 59.5 Å². The first-order valence-electron chi connectivity index (χ1n) is 7.82. The fourth-order valence-corrected chi connectivity index (χ4v) is 4.34. The zero-order chi connectivity index (χ0) is 14.6. The van der Waals surface area contributed by atoms with Gasteiger partial charge in [-0.2, -0.15) is 16.9 Å². The maximum absolute atomic E-state index is 4.49. The Balaban J connectivity index is 2.12. The molecule has 0 radical (unpaired) electrons. The van der Waals surface area contributed by atoms with Crippen molar-refractivity contribution in [2.45, 2.75) is 70.2 Å². The summed E-state index contributed by atoms with van der Waals surface area (Å²) in [6.07, 6.45) is 6.48. The first-order valence-corrected chi connectivity index (χ1v) is 8.81. The van der Waals surface area contributed by atoms with Gasteiger partial charge in [0.25, 0.3) is 0 Å². The molecule has 2 unspecified atom stereocenters. The molecule has 4 nitrogen and oxygen atoms in total. The Labute approximate surface area is 127 Å². The van der Waals surface area contributed by atoms with Crippen LogP contribution in [0.15, 0.2) is 6.33 Å². The lowest BCUT2D eigenvalue weighted by atomic mass is 9.93. The van der Waals surface area contributed by atoms with Crippen molar-refractivity contribution < 1.29 is 0 Å². The second kappa shape index (κ2) is 6.94. The molecule has 114 valence electrons. The van der Waals surface area contributed by atoms with Gasteiger partial charge in [0, 0.05) is 23.3 Å². The van der Waals surface area contributed by atoms with Gasteiger partial charge in [0.2, 0.25) is 0 Å². The largest absolute Gasteiger partial charge is 0.312 e. The second-order valence-electron chi connectivity index (χ2n) is 6.19. The van der Waals surface area contributed by atoms with E-state index >= 15 is 0 Å². The van der Waals surface area contributed by atoms with Crippen molar-refractivity contribution in [3.8, 4) is 0 Å². The van der Waals surface area contributed by atoms with Gasteiger partial charge in [-0.3, -0.25) is 0 Å². The Morgan fingerprint density at radius 2 is 2.30 bits per heavy atom. The van der Waals surface area contributed by atoms with Crippen LogP contribution in [0.2, 0.25) is 0 Å². The van der Waals surface area contributed by atoms with Crippen molar-refractivity contribution in [2.75, 3.05) is 12.3 Å². The first kappa shape index (κ1) is 15.8. The minimum Gasteiger partial charge on any atom is -0.312 e. The molecule has 0 aromatic carbocycles. The first-order chi connectivity index (χ1) is 9.57. The normalized spacial score (nSPS) is 24.4. The summed E-state index contributed by atoms with van der Waals surface area (Å²) < 4.78 is 2.40. The van der Waals surface area contributed by atoms with E-state index in [0.29, 0.717) is 16.8 Å². The standard InChI is InChI=1S/C15H28N4S/c1-5-8-16-13(15(4)7-6-9-20-15)10-14-17-11-18-19(14)12(2)3/h11-13,16H,5-10H2,1-4H3. The predicted molar refractivity (Wildman–Crippen MR) is 86.3 cm³/mol. The fraction of sp³-hybridized carbons (Fsp3) is 0.867. The van der Waals surface area contributed by atoms with Gasteiger partial charge in [-0.05, 0) is 52.3 Å². The highest BCUT2D eigenvalue weighted by Crippen LogP contribution is 2.41. The van der Waals surface area contributed by atoms with E-state index in [1.165, 1.54) is 25.0 Å². The van der Waals surface area contributed by atoms with Gasteiger partial charge in [0.15, 0.2) is 0 Å². The van der Waals surface area contributed by atoms with E-state index in [-0.39, 0.29) is 0 Å². The van der Waals surface area contributed by atoms with Gasteiger partial charge in [-0.15, -0.1) is 0 Å². The molecule has 20 heavy (non-hydrogen) atoms. The SMILES string of the molecule is CCCNC(Cc1ncnn1C(C)C)C1(C)CCCS1. The Morgan fingerprint density at radius 1 is 1.50 bits per heavy atom. The summed E-state index contributed by atoms with van der Waals surface area (Å²) in [6, 6.07) is 0.861. The van der Waals surface area contributed by atoms with E-state index in [1.54, 1.807) is 6.33 Å². The van der Waals surface area contributed by atoms with E-state index in [4.69, 9.17) is 0 Å². The number of hydrogen-bond donors (Lipinski definition) is 1. The molecule has 1 saturated heterocycles. The maximum Gasteiger partial charge on any atom is 0.138 e. The van der Waals surface area contributed by atoms with E-state index in [9.17, 15) is 0 Å². The average molecular weight is 296 g/mol. The molecule has 5 heteroatoms. The summed E-state index contributed by atoms with van der Waals surface area (Å²) in [5, 5.41) is 8.12. The highest BCUT2D eigenvalue weighted by Gasteiger charge is 2.38. The lowest BCUT2D eigenvalue weighted by molar-refractivity contribution is 0.380. The molecule has 1 aliphatic heterocycles. The summed E-state index contributed by atoms with van der Waals surface area (Å²) in [4.78, 5) is 4.49. The average Bonchev–Trinajstić information content (AvgIpc) is 3.03. The highest BCUT2D eigenvalue weighted by atomic mass is 32.2. The van der Waals surface area contributed by atoms with Crippen LogP contribution in [0.25, 0.3) is 0 Å². The minimum absolute atomic E-state index is 0.336. The molecule has 0 spiro atoms. The smallest absolute Gasteiger partial charge is 0.138 e. The van der Waals surface area contributed by atoms with Crippen molar-refractivity contribution in [3.05, 3.63) is 12.2 Å². The van der Waals surface area contributed by atoms with Crippen LogP contribution in [-0.4, -0.2) is 37.9 Å². The molecule has 0 bridgehead atoms. The van der Waals surface area contributed by atoms with Crippen LogP contribution in [0.5, 0.6) is 0 Å². The second-order valence-corrected chi connectivity index (χ2v) is 7.82. The Hall–Kier alpha value is -0.550.